The second kappa shape index (κ2) is 9.49. The number of carbonyl (C=O) groups is 1. The number of ether oxygens (including phenoxy) is 1. The molecule has 0 spiro atoms. The fourth-order valence-corrected chi connectivity index (χ4v) is 4.10. The third kappa shape index (κ3) is 5.13. The molecule has 0 fully saturated rings. The minimum Gasteiger partial charge on any atom is -0.457 e. The molecule has 7 heteroatoms. The molecule has 2 aromatic carbocycles. The lowest BCUT2D eigenvalue weighted by molar-refractivity contribution is 0.102. The van der Waals surface area contributed by atoms with E-state index in [0.29, 0.717) is 27.8 Å². The Labute approximate surface area is 184 Å². The highest BCUT2D eigenvalue weighted by atomic mass is 32.2. The van der Waals surface area contributed by atoms with Crippen molar-refractivity contribution in [3.63, 3.8) is 0 Å². The van der Waals surface area contributed by atoms with Gasteiger partial charge in [-0.05, 0) is 62.4 Å². The summed E-state index contributed by atoms with van der Waals surface area (Å²) in [5, 5.41) is 7.56. The molecule has 0 aliphatic heterocycles. The fraction of sp³-hybridized carbons (Fsp3) is 0.125. The number of pyridine rings is 1. The van der Waals surface area contributed by atoms with E-state index in [9.17, 15) is 4.79 Å². The van der Waals surface area contributed by atoms with Crippen molar-refractivity contribution in [1.29, 1.82) is 0 Å². The van der Waals surface area contributed by atoms with Gasteiger partial charge in [0.1, 0.15) is 22.3 Å². The molecule has 0 radical (unpaired) electrons. The largest absolute Gasteiger partial charge is 0.457 e. The van der Waals surface area contributed by atoms with Crippen LogP contribution in [0.2, 0.25) is 0 Å². The van der Waals surface area contributed by atoms with Crippen molar-refractivity contribution in [2.75, 3.05) is 5.32 Å². The van der Waals surface area contributed by atoms with Crippen LogP contribution in [0.4, 0.5) is 5.69 Å². The first-order chi connectivity index (χ1) is 15.1. The van der Waals surface area contributed by atoms with Gasteiger partial charge < -0.3 is 14.6 Å². The van der Waals surface area contributed by atoms with Crippen molar-refractivity contribution in [2.24, 2.45) is 0 Å². The zero-order chi connectivity index (χ0) is 21.6. The quantitative estimate of drug-likeness (QED) is 0.360. The van der Waals surface area contributed by atoms with Gasteiger partial charge in [0.15, 0.2) is 0 Å². The van der Waals surface area contributed by atoms with Crippen LogP contribution >= 0.6 is 11.8 Å². The van der Waals surface area contributed by atoms with Gasteiger partial charge in [0, 0.05) is 23.2 Å². The number of aryl methyl sites for hydroxylation is 2. The molecule has 6 nitrogen and oxygen atoms in total. The predicted octanol–water partition coefficient (Wildman–Crippen LogP) is 6.02. The number of anilines is 1. The molecule has 156 valence electrons. The number of para-hydroxylation sites is 1. The Balaban J connectivity index is 1.43. The van der Waals surface area contributed by atoms with E-state index in [0.717, 1.165) is 22.8 Å². The molecule has 0 saturated carbocycles. The number of amides is 1. The van der Waals surface area contributed by atoms with Crippen LogP contribution in [-0.2, 0) is 5.75 Å². The Hall–Kier alpha value is -3.58. The van der Waals surface area contributed by atoms with Crippen molar-refractivity contribution in [3.8, 4) is 11.5 Å². The number of benzene rings is 2. The van der Waals surface area contributed by atoms with E-state index in [1.54, 1.807) is 18.3 Å². The zero-order valence-electron chi connectivity index (χ0n) is 17.2. The average Bonchev–Trinajstić information content (AvgIpc) is 3.12. The molecule has 4 rings (SSSR count). The first-order valence-corrected chi connectivity index (χ1v) is 10.7. The molecule has 2 heterocycles. The van der Waals surface area contributed by atoms with E-state index >= 15 is 0 Å². The smallest absolute Gasteiger partial charge is 0.258 e. The van der Waals surface area contributed by atoms with Crippen LogP contribution in [0, 0.1) is 13.8 Å². The van der Waals surface area contributed by atoms with Crippen molar-refractivity contribution < 1.29 is 14.1 Å². The van der Waals surface area contributed by atoms with Gasteiger partial charge in [-0.2, -0.15) is 0 Å². The van der Waals surface area contributed by atoms with Crippen molar-refractivity contribution in [3.05, 3.63) is 95.5 Å². The molecule has 1 amide bonds. The molecule has 0 saturated heterocycles. The molecular weight excluding hydrogens is 410 g/mol. The highest BCUT2D eigenvalue weighted by molar-refractivity contribution is 7.98. The van der Waals surface area contributed by atoms with Gasteiger partial charge in [-0.3, -0.25) is 4.79 Å². The molecule has 0 atom stereocenters. The van der Waals surface area contributed by atoms with Gasteiger partial charge in [-0.1, -0.05) is 23.4 Å². The zero-order valence-corrected chi connectivity index (χ0v) is 18.0. The predicted molar refractivity (Wildman–Crippen MR) is 121 cm³/mol. The lowest BCUT2D eigenvalue weighted by Crippen LogP contribution is -2.13. The topological polar surface area (TPSA) is 77.2 Å². The van der Waals surface area contributed by atoms with Crippen LogP contribution in [0.3, 0.4) is 0 Å². The normalized spacial score (nSPS) is 10.6. The summed E-state index contributed by atoms with van der Waals surface area (Å²) in [7, 11) is 0. The standard InChI is InChI=1S/C24H21N3O3S/c1-16-22(17(2)30-27-16)15-31-24-21(9-6-14-25-24)23(28)26-18-10-12-20(13-11-18)29-19-7-4-3-5-8-19/h3-14H,15H2,1-2H3,(H,26,28). The van der Waals surface area contributed by atoms with Gasteiger partial charge in [0.25, 0.3) is 5.91 Å². The summed E-state index contributed by atoms with van der Waals surface area (Å²) in [6, 6.07) is 20.3. The molecule has 2 aromatic heterocycles. The Morgan fingerprint density at radius 1 is 1.00 bits per heavy atom. The summed E-state index contributed by atoms with van der Waals surface area (Å²) in [6.45, 7) is 3.79. The number of hydrogen-bond donors (Lipinski definition) is 1. The molecule has 0 aliphatic rings. The Morgan fingerprint density at radius 2 is 1.74 bits per heavy atom. The monoisotopic (exact) mass is 431 g/mol. The number of thioether (sulfide) groups is 1. The minimum absolute atomic E-state index is 0.217. The summed E-state index contributed by atoms with van der Waals surface area (Å²) in [5.74, 6) is 2.65. The molecule has 0 aliphatic carbocycles. The molecule has 0 bridgehead atoms. The highest BCUT2D eigenvalue weighted by Gasteiger charge is 2.16. The van der Waals surface area contributed by atoms with E-state index in [2.05, 4.69) is 15.5 Å². The second-order valence-corrected chi connectivity index (χ2v) is 7.81. The van der Waals surface area contributed by atoms with E-state index in [1.807, 2.05) is 68.4 Å². The fourth-order valence-electron chi connectivity index (χ4n) is 2.96. The van der Waals surface area contributed by atoms with Crippen LogP contribution in [0.1, 0.15) is 27.4 Å². The number of hydrogen-bond acceptors (Lipinski definition) is 6. The lowest BCUT2D eigenvalue weighted by atomic mass is 10.2. The van der Waals surface area contributed by atoms with Crippen LogP contribution in [0.5, 0.6) is 11.5 Å². The maximum Gasteiger partial charge on any atom is 0.258 e. The number of rotatable bonds is 7. The van der Waals surface area contributed by atoms with E-state index in [1.165, 1.54) is 11.8 Å². The number of nitrogens with one attached hydrogen (secondary N) is 1. The number of aromatic nitrogens is 2. The van der Waals surface area contributed by atoms with Crippen molar-refractivity contribution in [1.82, 2.24) is 10.1 Å². The van der Waals surface area contributed by atoms with E-state index in [-0.39, 0.29) is 5.91 Å². The minimum atomic E-state index is -0.217. The second-order valence-electron chi connectivity index (χ2n) is 6.84. The van der Waals surface area contributed by atoms with Crippen LogP contribution in [0.15, 0.2) is 82.5 Å². The molecule has 4 aromatic rings. The SMILES string of the molecule is Cc1noc(C)c1CSc1ncccc1C(=O)Nc1ccc(Oc2ccccc2)cc1. The Bertz CT molecular complexity index is 1150. The van der Waals surface area contributed by atoms with Gasteiger partial charge in [-0.25, -0.2) is 4.98 Å². The maximum absolute atomic E-state index is 12.9. The van der Waals surface area contributed by atoms with Gasteiger partial charge >= 0.3 is 0 Å². The van der Waals surface area contributed by atoms with Crippen LogP contribution < -0.4 is 10.1 Å². The maximum atomic E-state index is 12.9. The summed E-state index contributed by atoms with van der Waals surface area (Å²) < 4.78 is 11.0. The van der Waals surface area contributed by atoms with E-state index < -0.39 is 0 Å². The number of nitrogens with zero attached hydrogens (tertiary/aromatic N) is 2. The summed E-state index contributed by atoms with van der Waals surface area (Å²) in [6.07, 6.45) is 1.68. The molecule has 1 N–H and O–H groups in total. The van der Waals surface area contributed by atoms with Crippen LogP contribution in [-0.4, -0.2) is 16.0 Å². The first kappa shape index (κ1) is 20.7. The molecular formula is C24H21N3O3S. The average molecular weight is 432 g/mol. The van der Waals surface area contributed by atoms with Crippen molar-refractivity contribution >= 4 is 23.4 Å². The van der Waals surface area contributed by atoms with Crippen molar-refractivity contribution in [2.45, 2.75) is 24.6 Å². The molecule has 31 heavy (non-hydrogen) atoms. The van der Waals surface area contributed by atoms with Gasteiger partial charge in [0.2, 0.25) is 0 Å². The van der Waals surface area contributed by atoms with E-state index in [4.69, 9.17) is 9.26 Å². The third-order valence-corrected chi connectivity index (χ3v) is 5.67. The summed E-state index contributed by atoms with van der Waals surface area (Å²) in [5.41, 5.74) is 3.07. The third-order valence-electron chi connectivity index (χ3n) is 4.64. The molecule has 0 unspecified atom stereocenters. The summed E-state index contributed by atoms with van der Waals surface area (Å²) >= 11 is 1.48. The Kier molecular flexibility index (Phi) is 6.33. The number of carbonyl (C=O) groups excluding carboxylic acids is 1. The first-order valence-electron chi connectivity index (χ1n) is 9.74. The van der Waals surface area contributed by atoms with Gasteiger partial charge in [-0.15, -0.1) is 11.8 Å². The van der Waals surface area contributed by atoms with Gasteiger partial charge in [0.05, 0.1) is 11.3 Å². The lowest BCUT2D eigenvalue weighted by Gasteiger charge is -2.10. The Morgan fingerprint density at radius 3 is 2.45 bits per heavy atom. The summed E-state index contributed by atoms with van der Waals surface area (Å²) in [4.78, 5) is 17.3. The van der Waals surface area contributed by atoms with Crippen LogP contribution in [0.25, 0.3) is 0 Å². The highest BCUT2D eigenvalue weighted by Crippen LogP contribution is 2.28.